The van der Waals surface area contributed by atoms with Gasteiger partial charge in [0.2, 0.25) is 5.91 Å². The van der Waals surface area contributed by atoms with E-state index in [1.54, 1.807) is 43.3 Å². The van der Waals surface area contributed by atoms with E-state index in [0.29, 0.717) is 39.0 Å². The first-order valence-electron chi connectivity index (χ1n) is 9.62. The van der Waals surface area contributed by atoms with Crippen LogP contribution in [0.5, 0.6) is 0 Å². The van der Waals surface area contributed by atoms with Crippen molar-refractivity contribution in [1.82, 2.24) is 9.55 Å². The van der Waals surface area contributed by atoms with E-state index in [1.165, 1.54) is 34.4 Å². The Morgan fingerprint density at radius 1 is 1.10 bits per heavy atom. The van der Waals surface area contributed by atoms with E-state index < -0.39 is 0 Å². The molecule has 0 aliphatic carbocycles. The molecule has 156 valence electrons. The molecular formula is C23H18FN3O3S. The van der Waals surface area contributed by atoms with E-state index in [4.69, 9.17) is 0 Å². The number of Topliss-reactive ketones (excluding diaryl/α,β-unsaturated/α-hetero) is 1. The first-order chi connectivity index (χ1) is 15.0. The largest absolute Gasteiger partial charge is 0.326 e. The Bertz CT molecular complexity index is 1330. The smallest absolute Gasteiger partial charge is 0.263 e. The number of benzene rings is 2. The van der Waals surface area contributed by atoms with Crippen LogP contribution >= 0.6 is 11.3 Å². The molecule has 2 aromatic carbocycles. The van der Waals surface area contributed by atoms with Crippen LogP contribution in [0.15, 0.2) is 65.0 Å². The SMILES string of the molecule is CCC(=O)Nc1ccc(C(=O)Cn2cnc3scc(-c4ccc(F)cc4)c3c2=O)cc1. The maximum Gasteiger partial charge on any atom is 0.263 e. The van der Waals surface area contributed by atoms with Gasteiger partial charge in [0.1, 0.15) is 10.6 Å². The van der Waals surface area contributed by atoms with Gasteiger partial charge in [-0.05, 0) is 42.0 Å². The maximum atomic E-state index is 13.3. The van der Waals surface area contributed by atoms with Gasteiger partial charge in [-0.25, -0.2) is 9.37 Å². The van der Waals surface area contributed by atoms with E-state index in [1.807, 2.05) is 5.38 Å². The number of carbonyl (C=O) groups excluding carboxylic acids is 2. The van der Waals surface area contributed by atoms with Crippen LogP contribution in [-0.2, 0) is 11.3 Å². The fourth-order valence-electron chi connectivity index (χ4n) is 3.16. The van der Waals surface area contributed by atoms with Gasteiger partial charge in [0, 0.05) is 28.6 Å². The van der Waals surface area contributed by atoms with Crippen LogP contribution in [0.2, 0.25) is 0 Å². The van der Waals surface area contributed by atoms with E-state index in [9.17, 15) is 18.8 Å². The van der Waals surface area contributed by atoms with Crippen molar-refractivity contribution in [1.29, 1.82) is 0 Å². The third kappa shape index (κ3) is 4.29. The minimum absolute atomic E-state index is 0.113. The Balaban J connectivity index is 1.61. The lowest BCUT2D eigenvalue weighted by Gasteiger charge is -2.07. The minimum atomic E-state index is -0.357. The number of nitrogens with zero attached hydrogens (tertiary/aromatic N) is 2. The summed E-state index contributed by atoms with van der Waals surface area (Å²) < 4.78 is 14.5. The molecule has 4 rings (SSSR count). The van der Waals surface area contributed by atoms with Crippen LogP contribution in [0.3, 0.4) is 0 Å². The number of hydrogen-bond donors (Lipinski definition) is 1. The summed E-state index contributed by atoms with van der Waals surface area (Å²) in [5.41, 5.74) is 2.07. The van der Waals surface area contributed by atoms with E-state index in [-0.39, 0.29) is 29.6 Å². The summed E-state index contributed by atoms with van der Waals surface area (Å²) in [4.78, 5) is 42.1. The van der Waals surface area contributed by atoms with Crippen molar-refractivity contribution in [3.8, 4) is 11.1 Å². The third-order valence-electron chi connectivity index (χ3n) is 4.84. The molecule has 1 N–H and O–H groups in total. The number of fused-ring (bicyclic) bond motifs is 1. The Morgan fingerprint density at radius 3 is 2.48 bits per heavy atom. The summed E-state index contributed by atoms with van der Waals surface area (Å²) in [7, 11) is 0. The topological polar surface area (TPSA) is 81.1 Å². The minimum Gasteiger partial charge on any atom is -0.326 e. The van der Waals surface area contributed by atoms with Gasteiger partial charge in [0.15, 0.2) is 5.78 Å². The van der Waals surface area contributed by atoms with Crippen molar-refractivity contribution >= 4 is 38.9 Å². The molecule has 0 bridgehead atoms. The Morgan fingerprint density at radius 2 is 1.81 bits per heavy atom. The highest BCUT2D eigenvalue weighted by molar-refractivity contribution is 7.17. The van der Waals surface area contributed by atoms with E-state index >= 15 is 0 Å². The molecule has 0 unspecified atom stereocenters. The summed E-state index contributed by atoms with van der Waals surface area (Å²) in [6, 6.07) is 12.4. The molecule has 1 amide bonds. The van der Waals surface area contributed by atoms with Gasteiger partial charge in [0.25, 0.3) is 5.56 Å². The van der Waals surface area contributed by atoms with Gasteiger partial charge in [-0.1, -0.05) is 19.1 Å². The summed E-state index contributed by atoms with van der Waals surface area (Å²) in [6.45, 7) is 1.59. The van der Waals surface area contributed by atoms with Crippen LogP contribution in [-0.4, -0.2) is 21.2 Å². The predicted molar refractivity (Wildman–Crippen MR) is 119 cm³/mol. The molecule has 0 atom stereocenters. The lowest BCUT2D eigenvalue weighted by molar-refractivity contribution is -0.115. The van der Waals surface area contributed by atoms with Gasteiger partial charge in [-0.15, -0.1) is 11.3 Å². The number of nitrogens with one attached hydrogen (secondary N) is 1. The number of hydrogen-bond acceptors (Lipinski definition) is 5. The first kappa shape index (κ1) is 20.6. The number of anilines is 1. The first-order valence-corrected chi connectivity index (χ1v) is 10.5. The van der Waals surface area contributed by atoms with Crippen LogP contribution in [0.4, 0.5) is 10.1 Å². The number of thiophene rings is 1. The van der Waals surface area contributed by atoms with Gasteiger partial charge in [-0.2, -0.15) is 0 Å². The van der Waals surface area contributed by atoms with Gasteiger partial charge < -0.3 is 5.32 Å². The molecule has 0 radical (unpaired) electrons. The highest BCUT2D eigenvalue weighted by Crippen LogP contribution is 2.30. The monoisotopic (exact) mass is 435 g/mol. The number of rotatable bonds is 6. The predicted octanol–water partition coefficient (Wildman–Crippen LogP) is 4.50. The lowest BCUT2D eigenvalue weighted by atomic mass is 10.1. The maximum absolute atomic E-state index is 13.3. The second-order valence-electron chi connectivity index (χ2n) is 6.92. The molecule has 0 aliphatic rings. The zero-order valence-corrected chi connectivity index (χ0v) is 17.4. The van der Waals surface area contributed by atoms with Crippen molar-refractivity contribution in [3.05, 3.63) is 82.0 Å². The average Bonchev–Trinajstić information content (AvgIpc) is 3.21. The number of carbonyl (C=O) groups is 2. The Hall–Kier alpha value is -3.65. The molecule has 0 saturated heterocycles. The van der Waals surface area contributed by atoms with Crippen LogP contribution in [0.1, 0.15) is 23.7 Å². The van der Waals surface area contributed by atoms with Crippen LogP contribution in [0, 0.1) is 5.82 Å². The van der Waals surface area contributed by atoms with E-state index in [2.05, 4.69) is 10.3 Å². The molecule has 8 heteroatoms. The van der Waals surface area contributed by atoms with Gasteiger partial charge in [-0.3, -0.25) is 19.0 Å². The Labute approximate surface area is 181 Å². The number of aromatic nitrogens is 2. The lowest BCUT2D eigenvalue weighted by Crippen LogP contribution is -2.24. The molecule has 2 aromatic heterocycles. The fraction of sp³-hybridized carbons (Fsp3) is 0.130. The molecule has 2 heterocycles. The summed E-state index contributed by atoms with van der Waals surface area (Å²) in [5.74, 6) is -0.724. The van der Waals surface area contributed by atoms with Gasteiger partial charge in [0.05, 0.1) is 18.3 Å². The summed E-state index contributed by atoms with van der Waals surface area (Å²) in [6.07, 6.45) is 1.73. The number of ketones is 1. The van der Waals surface area contributed by atoms with Crippen molar-refractivity contribution in [2.75, 3.05) is 5.32 Å². The fourth-order valence-corrected chi connectivity index (χ4v) is 4.06. The molecule has 0 fully saturated rings. The normalized spacial score (nSPS) is 10.9. The second kappa shape index (κ2) is 8.61. The molecule has 0 saturated carbocycles. The van der Waals surface area contributed by atoms with Crippen LogP contribution < -0.4 is 10.9 Å². The molecule has 0 aliphatic heterocycles. The highest BCUT2D eigenvalue weighted by Gasteiger charge is 2.15. The van der Waals surface area contributed by atoms with Gasteiger partial charge >= 0.3 is 0 Å². The summed E-state index contributed by atoms with van der Waals surface area (Å²) >= 11 is 1.32. The molecule has 31 heavy (non-hydrogen) atoms. The Kier molecular flexibility index (Phi) is 5.73. The zero-order valence-electron chi connectivity index (χ0n) is 16.6. The number of halogens is 1. The van der Waals surface area contributed by atoms with Crippen molar-refractivity contribution in [2.45, 2.75) is 19.9 Å². The van der Waals surface area contributed by atoms with Crippen LogP contribution in [0.25, 0.3) is 21.3 Å². The molecule has 6 nitrogen and oxygen atoms in total. The van der Waals surface area contributed by atoms with Crippen molar-refractivity contribution in [2.24, 2.45) is 0 Å². The van der Waals surface area contributed by atoms with Crippen molar-refractivity contribution < 1.29 is 14.0 Å². The molecule has 4 aromatic rings. The standard InChI is InChI=1S/C23H18FN3O3S/c1-2-20(29)26-17-9-5-15(6-10-17)19(28)11-27-13-25-22-21(23(27)30)18(12-31-22)14-3-7-16(24)8-4-14/h3-10,12-13H,2,11H2,1H3,(H,26,29). The highest BCUT2D eigenvalue weighted by atomic mass is 32.1. The molecular weight excluding hydrogens is 417 g/mol. The third-order valence-corrected chi connectivity index (χ3v) is 5.73. The second-order valence-corrected chi connectivity index (χ2v) is 7.77. The average molecular weight is 435 g/mol. The van der Waals surface area contributed by atoms with E-state index in [0.717, 1.165) is 0 Å². The number of amides is 1. The molecule has 0 spiro atoms. The zero-order chi connectivity index (χ0) is 22.0. The quantitative estimate of drug-likeness (QED) is 0.452. The summed E-state index contributed by atoms with van der Waals surface area (Å²) in [5, 5.41) is 4.94. The van der Waals surface area contributed by atoms with Crippen molar-refractivity contribution in [3.63, 3.8) is 0 Å².